The van der Waals surface area contributed by atoms with Gasteiger partial charge in [0.2, 0.25) is 0 Å². The van der Waals surface area contributed by atoms with Crippen LogP contribution in [0, 0.1) is 20.8 Å². The van der Waals surface area contributed by atoms with Crippen molar-refractivity contribution in [1.82, 2.24) is 15.1 Å². The quantitative estimate of drug-likeness (QED) is 0.889. The minimum Gasteiger partial charge on any atom is -0.453 e. The third-order valence-corrected chi connectivity index (χ3v) is 4.59. The van der Waals surface area contributed by atoms with Gasteiger partial charge in [-0.25, -0.2) is 0 Å². The van der Waals surface area contributed by atoms with Crippen molar-refractivity contribution in [1.29, 1.82) is 0 Å². The topological polar surface area (TPSA) is 89.5 Å². The molecule has 3 heterocycles. The summed E-state index contributed by atoms with van der Waals surface area (Å²) in [5, 5.41) is 16.6. The lowest BCUT2D eigenvalue weighted by Gasteiger charge is -2.20. The number of nitrogens with one attached hydrogen (secondary N) is 1. The van der Waals surface area contributed by atoms with Crippen LogP contribution >= 0.6 is 0 Å². The van der Waals surface area contributed by atoms with E-state index in [2.05, 4.69) is 10.4 Å². The number of aliphatic hydroxyl groups is 1. The highest BCUT2D eigenvalue weighted by atomic mass is 16.5. The van der Waals surface area contributed by atoms with Gasteiger partial charge in [-0.3, -0.25) is 9.48 Å². The van der Waals surface area contributed by atoms with E-state index in [0.717, 1.165) is 23.4 Å². The molecule has 1 saturated heterocycles. The maximum Gasteiger partial charge on any atom is 0.287 e. The Kier molecular flexibility index (Phi) is 4.47. The zero-order chi connectivity index (χ0) is 17.4. The summed E-state index contributed by atoms with van der Waals surface area (Å²) in [6.07, 6.45) is 0.520. The number of aliphatic hydroxyl groups excluding tert-OH is 1. The molecule has 0 aromatic carbocycles. The van der Waals surface area contributed by atoms with Crippen LogP contribution in [0.4, 0.5) is 0 Å². The molecule has 24 heavy (non-hydrogen) atoms. The predicted octanol–water partition coefficient (Wildman–Crippen LogP) is 1.69. The van der Waals surface area contributed by atoms with Gasteiger partial charge in [-0.05, 0) is 33.3 Å². The Morgan fingerprint density at radius 1 is 1.46 bits per heavy atom. The summed E-state index contributed by atoms with van der Waals surface area (Å²) in [5.41, 5.74) is 3.70. The zero-order valence-electron chi connectivity index (χ0n) is 14.4. The van der Waals surface area contributed by atoms with Crippen molar-refractivity contribution in [3.63, 3.8) is 0 Å². The number of furan rings is 1. The number of hydrogen-bond donors (Lipinski definition) is 2. The van der Waals surface area contributed by atoms with E-state index in [9.17, 15) is 4.79 Å². The van der Waals surface area contributed by atoms with E-state index in [4.69, 9.17) is 14.3 Å². The number of carbonyl (C=O) groups excluding carboxylic acids is 1. The number of aryl methyl sites for hydroxylation is 3. The average molecular weight is 333 g/mol. The molecule has 2 aromatic rings. The van der Waals surface area contributed by atoms with Crippen molar-refractivity contribution in [3.05, 3.63) is 40.1 Å². The lowest BCUT2D eigenvalue weighted by molar-refractivity contribution is 0.0793. The summed E-state index contributed by atoms with van der Waals surface area (Å²) in [6, 6.07) is 1.54. The van der Waals surface area contributed by atoms with Gasteiger partial charge < -0.3 is 19.6 Å². The van der Waals surface area contributed by atoms with E-state index in [1.165, 1.54) is 0 Å². The van der Waals surface area contributed by atoms with Gasteiger partial charge in [-0.15, -0.1) is 0 Å². The second-order valence-electron chi connectivity index (χ2n) is 6.25. The van der Waals surface area contributed by atoms with Gasteiger partial charge in [0.25, 0.3) is 5.91 Å². The molecule has 7 nitrogen and oxygen atoms in total. The van der Waals surface area contributed by atoms with Crippen LogP contribution < -0.4 is 5.32 Å². The first-order chi connectivity index (χ1) is 11.4. The third kappa shape index (κ3) is 2.85. The lowest BCUT2D eigenvalue weighted by atomic mass is 10.00. The predicted molar refractivity (Wildman–Crippen MR) is 86.6 cm³/mol. The Bertz CT molecular complexity index is 762. The minimum absolute atomic E-state index is 0.138. The fraction of sp³-hybridized carbons (Fsp3) is 0.529. The molecule has 0 saturated carbocycles. The van der Waals surface area contributed by atoms with E-state index in [-0.39, 0.29) is 30.4 Å². The molecule has 2 N–H and O–H groups in total. The summed E-state index contributed by atoms with van der Waals surface area (Å²) in [7, 11) is 1.90. The van der Waals surface area contributed by atoms with Crippen molar-refractivity contribution in [2.24, 2.45) is 7.05 Å². The third-order valence-electron chi connectivity index (χ3n) is 4.59. The first-order valence-corrected chi connectivity index (χ1v) is 8.05. The Labute approximate surface area is 140 Å². The van der Waals surface area contributed by atoms with Crippen molar-refractivity contribution in [3.8, 4) is 0 Å². The summed E-state index contributed by atoms with van der Waals surface area (Å²) < 4.78 is 13.1. The van der Waals surface area contributed by atoms with Crippen LogP contribution in [0.5, 0.6) is 0 Å². The van der Waals surface area contributed by atoms with E-state index in [1.807, 2.05) is 25.6 Å². The van der Waals surface area contributed by atoms with E-state index >= 15 is 0 Å². The fourth-order valence-corrected chi connectivity index (χ4v) is 3.31. The number of ether oxygens (including phenoxy) is 1. The number of amides is 1. The minimum atomic E-state index is -0.285. The molecule has 0 aliphatic carbocycles. The molecule has 1 fully saturated rings. The van der Waals surface area contributed by atoms with Gasteiger partial charge in [-0.1, -0.05) is 0 Å². The van der Waals surface area contributed by atoms with Crippen molar-refractivity contribution in [2.75, 3.05) is 6.61 Å². The van der Waals surface area contributed by atoms with Gasteiger partial charge in [-0.2, -0.15) is 5.10 Å². The van der Waals surface area contributed by atoms with Crippen molar-refractivity contribution >= 4 is 5.91 Å². The first-order valence-electron chi connectivity index (χ1n) is 8.05. The van der Waals surface area contributed by atoms with Crippen molar-refractivity contribution in [2.45, 2.75) is 45.9 Å². The highest BCUT2D eigenvalue weighted by molar-refractivity contribution is 5.93. The highest BCUT2D eigenvalue weighted by Crippen LogP contribution is 2.33. The first kappa shape index (κ1) is 16.7. The van der Waals surface area contributed by atoms with Crippen LogP contribution in [0.1, 0.15) is 51.4 Å². The average Bonchev–Trinajstić information content (AvgIpc) is 3.19. The van der Waals surface area contributed by atoms with Gasteiger partial charge in [0.1, 0.15) is 18.5 Å². The summed E-state index contributed by atoms with van der Waals surface area (Å²) in [4.78, 5) is 12.5. The maximum absolute atomic E-state index is 12.5. The molecule has 1 amide bonds. The molecule has 3 rings (SSSR count). The fourth-order valence-electron chi connectivity index (χ4n) is 3.31. The molecule has 130 valence electrons. The van der Waals surface area contributed by atoms with Crippen LogP contribution in [0.25, 0.3) is 0 Å². The zero-order valence-corrected chi connectivity index (χ0v) is 14.4. The molecule has 1 aliphatic rings. The number of hydrogen-bond acceptors (Lipinski definition) is 5. The van der Waals surface area contributed by atoms with Crippen LogP contribution in [-0.2, 0) is 18.4 Å². The molecular weight excluding hydrogens is 310 g/mol. The molecule has 0 bridgehead atoms. The largest absolute Gasteiger partial charge is 0.453 e. The Morgan fingerprint density at radius 3 is 2.79 bits per heavy atom. The van der Waals surface area contributed by atoms with Gasteiger partial charge in [0.05, 0.1) is 11.7 Å². The summed E-state index contributed by atoms with van der Waals surface area (Å²) in [6.45, 7) is 6.10. The second kappa shape index (κ2) is 6.41. The molecular formula is C17H23N3O4. The smallest absolute Gasteiger partial charge is 0.287 e. The molecule has 2 atom stereocenters. The Morgan fingerprint density at radius 2 is 2.21 bits per heavy atom. The van der Waals surface area contributed by atoms with Crippen LogP contribution in [0.2, 0.25) is 0 Å². The van der Waals surface area contributed by atoms with Crippen molar-refractivity contribution < 1.29 is 19.1 Å². The molecule has 1 aliphatic heterocycles. The number of rotatable bonds is 4. The van der Waals surface area contributed by atoms with Gasteiger partial charge in [0, 0.05) is 30.5 Å². The standard InChI is InChI=1S/C17H23N3O4/c1-9-7-12(8-21)24-15(9)17(22)18-13-5-6-23-16(13)14-10(2)19-20(4)11(14)3/h7,13,16,21H,5-6,8H2,1-4H3,(H,18,22)/t13-,16-/m0/s1. The molecule has 2 aromatic heterocycles. The number of aromatic nitrogens is 2. The molecule has 0 radical (unpaired) electrons. The SMILES string of the molecule is Cc1cc(CO)oc1C(=O)N[C@H]1CCO[C@@H]1c1c(C)nn(C)c1C. The maximum atomic E-state index is 12.5. The number of nitrogens with zero attached hydrogens (tertiary/aromatic N) is 2. The molecule has 7 heteroatoms. The van der Waals surface area contributed by atoms with Gasteiger partial charge in [0.15, 0.2) is 5.76 Å². The highest BCUT2D eigenvalue weighted by Gasteiger charge is 2.35. The Hall–Kier alpha value is -2.12. The molecule has 0 spiro atoms. The van der Waals surface area contributed by atoms with Crippen LogP contribution in [-0.4, -0.2) is 33.4 Å². The van der Waals surface area contributed by atoms with Crippen LogP contribution in [0.3, 0.4) is 0 Å². The summed E-state index contributed by atoms with van der Waals surface area (Å²) in [5.74, 6) is 0.340. The summed E-state index contributed by atoms with van der Waals surface area (Å²) >= 11 is 0. The second-order valence-corrected chi connectivity index (χ2v) is 6.25. The van der Waals surface area contributed by atoms with Gasteiger partial charge >= 0.3 is 0 Å². The van der Waals surface area contributed by atoms with E-state index < -0.39 is 0 Å². The normalized spacial score (nSPS) is 20.5. The monoisotopic (exact) mass is 333 g/mol. The van der Waals surface area contributed by atoms with E-state index in [0.29, 0.717) is 17.9 Å². The van der Waals surface area contributed by atoms with E-state index in [1.54, 1.807) is 13.0 Å². The molecule has 0 unspecified atom stereocenters. The number of carbonyl (C=O) groups is 1. The lowest BCUT2D eigenvalue weighted by Crippen LogP contribution is -2.37. The Balaban J connectivity index is 1.81. The van der Waals surface area contributed by atoms with Crippen LogP contribution in [0.15, 0.2) is 10.5 Å².